The summed E-state index contributed by atoms with van der Waals surface area (Å²) < 4.78 is 0. The summed E-state index contributed by atoms with van der Waals surface area (Å²) in [6, 6.07) is 0. The Morgan fingerprint density at radius 2 is 2.45 bits per heavy atom. The molecule has 1 heterocycles. The number of amides is 2. The smallest absolute Gasteiger partial charge is 0.251 e. The van der Waals surface area contributed by atoms with Gasteiger partial charge in [-0.2, -0.15) is 0 Å². The van der Waals surface area contributed by atoms with Crippen LogP contribution in [0.3, 0.4) is 0 Å². The molecular weight excluding hydrogens is 148 g/mol. The Labute approximate surface area is 63.8 Å². The Bertz CT molecular complexity index is 192. The first kappa shape index (κ1) is 8.00. The van der Waals surface area contributed by atoms with Crippen LogP contribution >= 0.6 is 0 Å². The van der Waals surface area contributed by atoms with Crippen molar-refractivity contribution in [1.29, 1.82) is 0 Å². The summed E-state index contributed by atoms with van der Waals surface area (Å²) in [7, 11) is 0. The number of aliphatic hydroxyl groups excluding tert-OH is 1. The maximum atomic E-state index is 10.9. The van der Waals surface area contributed by atoms with Gasteiger partial charge < -0.3 is 15.7 Å². The lowest BCUT2D eigenvalue weighted by Gasteiger charge is -2.11. The molecule has 0 aromatic rings. The van der Waals surface area contributed by atoms with E-state index in [-0.39, 0.29) is 6.54 Å². The maximum Gasteiger partial charge on any atom is 0.251 e. The molecule has 1 fully saturated rings. The summed E-state index contributed by atoms with van der Waals surface area (Å²) in [6.07, 6.45) is -0.541. The van der Waals surface area contributed by atoms with E-state index in [0.717, 1.165) is 0 Å². The first-order chi connectivity index (χ1) is 5.11. The largest absolute Gasteiger partial charge is 0.383 e. The third-order valence-electron chi connectivity index (χ3n) is 1.62. The summed E-state index contributed by atoms with van der Waals surface area (Å²) in [6.45, 7) is 0.332. The van der Waals surface area contributed by atoms with Crippen molar-refractivity contribution in [3.05, 3.63) is 0 Å². The molecule has 0 bridgehead atoms. The molecule has 62 valence electrons. The monoisotopic (exact) mass is 158 g/mol. The SMILES string of the molecule is NC(=O)CN1CCC(O)C1=O. The third-order valence-corrected chi connectivity index (χ3v) is 1.62. The first-order valence-corrected chi connectivity index (χ1v) is 3.36. The predicted molar refractivity (Wildman–Crippen MR) is 36.4 cm³/mol. The average Bonchev–Trinajstić information content (AvgIpc) is 2.18. The highest BCUT2D eigenvalue weighted by atomic mass is 16.3. The van der Waals surface area contributed by atoms with Gasteiger partial charge in [0, 0.05) is 6.54 Å². The molecule has 0 saturated carbocycles. The van der Waals surface area contributed by atoms with E-state index in [1.54, 1.807) is 0 Å². The van der Waals surface area contributed by atoms with E-state index >= 15 is 0 Å². The Morgan fingerprint density at radius 1 is 1.82 bits per heavy atom. The van der Waals surface area contributed by atoms with E-state index < -0.39 is 17.9 Å². The van der Waals surface area contributed by atoms with Gasteiger partial charge in [-0.05, 0) is 6.42 Å². The highest BCUT2D eigenvalue weighted by Crippen LogP contribution is 2.09. The van der Waals surface area contributed by atoms with E-state index in [2.05, 4.69) is 0 Å². The lowest BCUT2D eigenvalue weighted by atomic mass is 10.3. The van der Waals surface area contributed by atoms with Crippen LogP contribution in [-0.2, 0) is 9.59 Å². The second-order valence-electron chi connectivity index (χ2n) is 2.53. The number of primary amides is 1. The number of hydrogen-bond acceptors (Lipinski definition) is 3. The quantitative estimate of drug-likeness (QED) is 0.490. The summed E-state index contributed by atoms with van der Waals surface area (Å²) >= 11 is 0. The number of likely N-dealkylation sites (tertiary alicyclic amines) is 1. The lowest BCUT2D eigenvalue weighted by Crippen LogP contribution is -2.36. The first-order valence-electron chi connectivity index (χ1n) is 3.36. The summed E-state index contributed by atoms with van der Waals surface area (Å²) in [5.41, 5.74) is 4.87. The molecule has 0 aromatic heterocycles. The molecule has 11 heavy (non-hydrogen) atoms. The van der Waals surface area contributed by atoms with Crippen molar-refractivity contribution in [3.63, 3.8) is 0 Å². The summed E-state index contributed by atoms with van der Waals surface area (Å²) in [5, 5.41) is 8.94. The van der Waals surface area contributed by atoms with Crippen LogP contribution in [0, 0.1) is 0 Å². The Morgan fingerprint density at radius 3 is 2.82 bits per heavy atom. The summed E-state index contributed by atoms with van der Waals surface area (Å²) in [4.78, 5) is 22.5. The normalized spacial score (nSPS) is 24.3. The molecule has 1 aliphatic heterocycles. The van der Waals surface area contributed by atoms with Gasteiger partial charge in [-0.25, -0.2) is 0 Å². The van der Waals surface area contributed by atoms with Gasteiger partial charge in [0.25, 0.3) is 5.91 Å². The Kier molecular flexibility index (Phi) is 2.09. The second kappa shape index (κ2) is 2.87. The molecule has 2 amide bonds. The number of nitrogens with two attached hydrogens (primary N) is 1. The minimum absolute atomic E-state index is 0.0874. The van der Waals surface area contributed by atoms with Crippen molar-refractivity contribution in [2.24, 2.45) is 5.73 Å². The van der Waals surface area contributed by atoms with Crippen LogP contribution in [0.4, 0.5) is 0 Å². The molecule has 1 atom stereocenters. The molecule has 0 aliphatic carbocycles. The van der Waals surface area contributed by atoms with Gasteiger partial charge >= 0.3 is 0 Å². The Balaban J connectivity index is 2.49. The van der Waals surface area contributed by atoms with Gasteiger partial charge in [0.05, 0.1) is 6.54 Å². The predicted octanol–water partition coefficient (Wildman–Crippen LogP) is -1.94. The van der Waals surface area contributed by atoms with Crippen molar-refractivity contribution in [3.8, 4) is 0 Å². The Hall–Kier alpha value is -1.10. The molecule has 1 rings (SSSR count). The van der Waals surface area contributed by atoms with E-state index in [0.29, 0.717) is 13.0 Å². The fourth-order valence-corrected chi connectivity index (χ4v) is 1.07. The van der Waals surface area contributed by atoms with E-state index in [1.165, 1.54) is 4.90 Å². The van der Waals surface area contributed by atoms with Crippen LogP contribution in [0.2, 0.25) is 0 Å². The highest BCUT2D eigenvalue weighted by Gasteiger charge is 2.30. The standard InChI is InChI=1S/C6H10N2O3/c7-5(10)3-8-2-1-4(9)6(8)11/h4,9H,1-3H2,(H2,7,10). The van der Waals surface area contributed by atoms with E-state index in [4.69, 9.17) is 10.8 Å². The second-order valence-corrected chi connectivity index (χ2v) is 2.53. The minimum atomic E-state index is -0.936. The number of hydrogen-bond donors (Lipinski definition) is 2. The van der Waals surface area contributed by atoms with Gasteiger partial charge in [0.1, 0.15) is 6.10 Å². The van der Waals surface area contributed by atoms with Gasteiger partial charge in [-0.3, -0.25) is 9.59 Å². The van der Waals surface area contributed by atoms with Crippen LogP contribution in [0.15, 0.2) is 0 Å². The molecule has 0 aromatic carbocycles. The van der Waals surface area contributed by atoms with Crippen LogP contribution in [0.1, 0.15) is 6.42 Å². The molecule has 5 heteroatoms. The zero-order valence-corrected chi connectivity index (χ0v) is 5.99. The van der Waals surface area contributed by atoms with Crippen LogP contribution in [0.25, 0.3) is 0 Å². The maximum absolute atomic E-state index is 10.9. The van der Waals surface area contributed by atoms with Gasteiger partial charge in [-0.15, -0.1) is 0 Å². The number of rotatable bonds is 2. The third kappa shape index (κ3) is 1.68. The van der Waals surface area contributed by atoms with Crippen molar-refractivity contribution >= 4 is 11.8 Å². The molecule has 3 N–H and O–H groups in total. The summed E-state index contributed by atoms with van der Waals surface area (Å²) in [5.74, 6) is -0.948. The van der Waals surface area contributed by atoms with Crippen molar-refractivity contribution in [2.45, 2.75) is 12.5 Å². The van der Waals surface area contributed by atoms with E-state index in [9.17, 15) is 9.59 Å². The van der Waals surface area contributed by atoms with Gasteiger partial charge in [0.2, 0.25) is 5.91 Å². The topological polar surface area (TPSA) is 83.6 Å². The molecule has 1 saturated heterocycles. The molecule has 1 aliphatic rings. The van der Waals surface area contributed by atoms with Crippen LogP contribution < -0.4 is 5.73 Å². The van der Waals surface area contributed by atoms with Crippen molar-refractivity contribution < 1.29 is 14.7 Å². The zero-order chi connectivity index (χ0) is 8.43. The van der Waals surface area contributed by atoms with E-state index in [1.807, 2.05) is 0 Å². The molecule has 1 unspecified atom stereocenters. The number of aliphatic hydroxyl groups is 1. The van der Waals surface area contributed by atoms with Gasteiger partial charge in [-0.1, -0.05) is 0 Å². The van der Waals surface area contributed by atoms with Crippen LogP contribution in [-0.4, -0.2) is 41.0 Å². The van der Waals surface area contributed by atoms with Gasteiger partial charge in [0.15, 0.2) is 0 Å². The molecule has 5 nitrogen and oxygen atoms in total. The van der Waals surface area contributed by atoms with Crippen LogP contribution in [0.5, 0.6) is 0 Å². The minimum Gasteiger partial charge on any atom is -0.383 e. The fraction of sp³-hybridized carbons (Fsp3) is 0.667. The van der Waals surface area contributed by atoms with Crippen molar-refractivity contribution in [1.82, 2.24) is 4.90 Å². The average molecular weight is 158 g/mol. The fourth-order valence-electron chi connectivity index (χ4n) is 1.07. The molecular formula is C6H10N2O3. The highest BCUT2D eigenvalue weighted by molar-refractivity contribution is 5.87. The zero-order valence-electron chi connectivity index (χ0n) is 5.99. The number of carbonyl (C=O) groups is 2. The number of carbonyl (C=O) groups excluding carboxylic acids is 2. The molecule has 0 radical (unpaired) electrons. The van der Waals surface area contributed by atoms with Crippen molar-refractivity contribution in [2.75, 3.05) is 13.1 Å². The lowest BCUT2D eigenvalue weighted by molar-refractivity contribution is -0.137. The molecule has 0 spiro atoms. The number of nitrogens with zero attached hydrogens (tertiary/aromatic N) is 1.